The summed E-state index contributed by atoms with van der Waals surface area (Å²) >= 11 is 1.49. The molecule has 0 spiro atoms. The number of rotatable bonds is 7. The number of sulfonamides is 1. The predicted octanol–water partition coefficient (Wildman–Crippen LogP) is 3.72. The fraction of sp³-hybridized carbons (Fsp3) is 0.421. The third kappa shape index (κ3) is 4.05. The zero-order valence-electron chi connectivity index (χ0n) is 16.4. The molecule has 3 aromatic heterocycles. The molecule has 1 fully saturated rings. The largest absolute Gasteiger partial charge is 0.316 e. The Morgan fingerprint density at radius 1 is 1.34 bits per heavy atom. The lowest BCUT2D eigenvalue weighted by Crippen LogP contribution is -2.31. The molecule has 4 rings (SSSR count). The molecule has 0 saturated carbocycles. The summed E-state index contributed by atoms with van der Waals surface area (Å²) in [4.78, 5) is 9.17. The third-order valence-corrected chi connectivity index (χ3v) is 7.62. The molecule has 1 aliphatic rings. The number of aromatic nitrogens is 4. The quantitative estimate of drug-likeness (QED) is 0.612. The molecule has 0 unspecified atom stereocenters. The normalized spacial score (nSPS) is 17.7. The average molecular weight is 433 g/mol. The number of hydrogen-bond acceptors (Lipinski definition) is 7. The van der Waals surface area contributed by atoms with Crippen LogP contribution < -0.4 is 5.32 Å². The van der Waals surface area contributed by atoms with Crippen molar-refractivity contribution in [1.82, 2.24) is 24.1 Å². The van der Waals surface area contributed by atoms with E-state index in [9.17, 15) is 8.42 Å². The Morgan fingerprint density at radius 3 is 2.97 bits per heavy atom. The first-order valence-electron chi connectivity index (χ1n) is 9.68. The Morgan fingerprint density at radius 2 is 2.21 bits per heavy atom. The Labute approximate surface area is 174 Å². The maximum atomic E-state index is 13.4. The molecule has 8 nitrogen and oxygen atoms in total. The molecule has 1 atom stereocenters. The fourth-order valence-corrected chi connectivity index (χ4v) is 6.02. The van der Waals surface area contributed by atoms with Gasteiger partial charge in [-0.2, -0.15) is 9.40 Å². The van der Waals surface area contributed by atoms with Crippen LogP contribution in [0.3, 0.4) is 0 Å². The first kappa shape index (κ1) is 20.0. The Balaban J connectivity index is 1.62. The highest BCUT2D eigenvalue weighted by atomic mass is 32.2. The van der Waals surface area contributed by atoms with Crippen molar-refractivity contribution in [2.75, 3.05) is 11.9 Å². The standard InChI is InChI=1S/C19H24N6O2S2/c1-3-10-24-13-17(14(2)23-24)29(26,27)25-11-5-7-16(25)15-6-4-8-18(21-15)22-19-20-9-12-28-19/h4,6,8-9,12-13,16H,3,5,7,10-11H2,1-2H3,(H,20,21,22)/t16-/m1/s1. The van der Waals surface area contributed by atoms with Gasteiger partial charge in [0.1, 0.15) is 10.7 Å². The lowest BCUT2D eigenvalue weighted by atomic mass is 10.1. The van der Waals surface area contributed by atoms with Crippen LogP contribution in [0.5, 0.6) is 0 Å². The molecule has 0 radical (unpaired) electrons. The Hall–Kier alpha value is -2.30. The Bertz CT molecular complexity index is 1080. The van der Waals surface area contributed by atoms with Crippen LogP contribution >= 0.6 is 11.3 Å². The van der Waals surface area contributed by atoms with E-state index >= 15 is 0 Å². The summed E-state index contributed by atoms with van der Waals surface area (Å²) in [5, 5.41) is 10.2. The Kier molecular flexibility index (Phi) is 5.66. The lowest BCUT2D eigenvalue weighted by molar-refractivity contribution is 0.390. The second-order valence-corrected chi connectivity index (χ2v) is 9.78. The van der Waals surface area contributed by atoms with Crippen molar-refractivity contribution in [3.63, 3.8) is 0 Å². The van der Waals surface area contributed by atoms with E-state index in [0.717, 1.165) is 30.1 Å². The second kappa shape index (κ2) is 8.21. The zero-order valence-corrected chi connectivity index (χ0v) is 18.1. The van der Waals surface area contributed by atoms with Gasteiger partial charge in [-0.05, 0) is 38.3 Å². The number of nitrogens with zero attached hydrogens (tertiary/aromatic N) is 5. The van der Waals surface area contributed by atoms with Gasteiger partial charge in [0.15, 0.2) is 5.13 Å². The van der Waals surface area contributed by atoms with Gasteiger partial charge in [0.05, 0.1) is 17.4 Å². The van der Waals surface area contributed by atoms with E-state index < -0.39 is 10.0 Å². The molecule has 154 valence electrons. The SMILES string of the molecule is CCCn1cc(S(=O)(=O)N2CCC[C@@H]2c2cccc(Nc3nccs3)n2)c(C)n1. The minimum absolute atomic E-state index is 0.285. The number of pyridine rings is 1. The van der Waals surface area contributed by atoms with E-state index in [4.69, 9.17) is 0 Å². The highest BCUT2D eigenvalue weighted by Crippen LogP contribution is 2.37. The molecular weight excluding hydrogens is 408 g/mol. The van der Waals surface area contributed by atoms with Crippen molar-refractivity contribution >= 4 is 32.3 Å². The van der Waals surface area contributed by atoms with Gasteiger partial charge in [0.2, 0.25) is 10.0 Å². The second-order valence-electron chi connectivity index (χ2n) is 7.03. The molecule has 0 aliphatic carbocycles. The van der Waals surface area contributed by atoms with Crippen molar-refractivity contribution in [3.8, 4) is 0 Å². The van der Waals surface area contributed by atoms with E-state index in [1.54, 1.807) is 28.3 Å². The maximum Gasteiger partial charge on any atom is 0.247 e. The number of hydrogen-bond donors (Lipinski definition) is 1. The summed E-state index contributed by atoms with van der Waals surface area (Å²) in [5.74, 6) is 0.661. The van der Waals surface area contributed by atoms with Gasteiger partial charge in [0, 0.05) is 30.9 Å². The van der Waals surface area contributed by atoms with Gasteiger partial charge in [0.25, 0.3) is 0 Å². The molecule has 0 aromatic carbocycles. The third-order valence-electron chi connectivity index (χ3n) is 4.92. The number of nitrogens with one attached hydrogen (secondary N) is 1. The molecule has 0 bridgehead atoms. The van der Waals surface area contributed by atoms with Gasteiger partial charge < -0.3 is 5.32 Å². The summed E-state index contributed by atoms with van der Waals surface area (Å²) in [6.45, 7) is 4.98. The van der Waals surface area contributed by atoms with Crippen molar-refractivity contribution in [2.45, 2.75) is 50.6 Å². The molecular formula is C19H24N6O2S2. The van der Waals surface area contributed by atoms with Crippen LogP contribution in [0.15, 0.2) is 40.9 Å². The number of thiazole rings is 1. The van der Waals surface area contributed by atoms with E-state index in [0.29, 0.717) is 24.6 Å². The first-order valence-corrected chi connectivity index (χ1v) is 12.0. The van der Waals surface area contributed by atoms with Crippen LogP contribution in [-0.4, -0.2) is 39.0 Å². The lowest BCUT2D eigenvalue weighted by Gasteiger charge is -2.23. The van der Waals surface area contributed by atoms with E-state index in [-0.39, 0.29) is 10.9 Å². The molecule has 29 heavy (non-hydrogen) atoms. The monoisotopic (exact) mass is 432 g/mol. The highest BCUT2D eigenvalue weighted by Gasteiger charge is 2.38. The molecule has 10 heteroatoms. The summed E-state index contributed by atoms with van der Waals surface area (Å²) in [6.07, 6.45) is 5.82. The van der Waals surface area contributed by atoms with Crippen molar-refractivity contribution < 1.29 is 8.42 Å². The molecule has 1 N–H and O–H groups in total. The summed E-state index contributed by atoms with van der Waals surface area (Å²) in [7, 11) is -3.65. The molecule has 4 heterocycles. The number of aryl methyl sites for hydroxylation is 2. The van der Waals surface area contributed by atoms with Crippen molar-refractivity contribution in [2.24, 2.45) is 0 Å². The van der Waals surface area contributed by atoms with E-state index in [1.807, 2.05) is 30.5 Å². The summed E-state index contributed by atoms with van der Waals surface area (Å²) in [5.41, 5.74) is 1.28. The summed E-state index contributed by atoms with van der Waals surface area (Å²) < 4.78 is 30.1. The van der Waals surface area contributed by atoms with Crippen LogP contribution in [0.4, 0.5) is 10.9 Å². The van der Waals surface area contributed by atoms with Gasteiger partial charge in [-0.15, -0.1) is 11.3 Å². The average Bonchev–Trinajstić information content (AvgIpc) is 3.43. The highest BCUT2D eigenvalue weighted by molar-refractivity contribution is 7.89. The molecule has 3 aromatic rings. The first-order chi connectivity index (χ1) is 14.0. The molecule has 0 amide bonds. The minimum atomic E-state index is -3.65. The van der Waals surface area contributed by atoms with Crippen molar-refractivity contribution in [1.29, 1.82) is 0 Å². The van der Waals surface area contributed by atoms with Gasteiger partial charge >= 0.3 is 0 Å². The van der Waals surface area contributed by atoms with Crippen LogP contribution in [0, 0.1) is 6.92 Å². The van der Waals surface area contributed by atoms with Crippen LogP contribution in [0.25, 0.3) is 0 Å². The smallest absolute Gasteiger partial charge is 0.247 e. The van der Waals surface area contributed by atoms with Crippen LogP contribution in [0.1, 0.15) is 43.6 Å². The van der Waals surface area contributed by atoms with Crippen LogP contribution in [-0.2, 0) is 16.6 Å². The zero-order chi connectivity index (χ0) is 20.4. The van der Waals surface area contributed by atoms with Gasteiger partial charge in [-0.1, -0.05) is 13.0 Å². The number of anilines is 2. The van der Waals surface area contributed by atoms with Crippen LogP contribution in [0.2, 0.25) is 0 Å². The van der Waals surface area contributed by atoms with Gasteiger partial charge in [-0.3, -0.25) is 4.68 Å². The minimum Gasteiger partial charge on any atom is -0.316 e. The molecule has 1 saturated heterocycles. The molecule has 1 aliphatic heterocycles. The van der Waals surface area contributed by atoms with Gasteiger partial charge in [-0.25, -0.2) is 18.4 Å². The fourth-order valence-electron chi connectivity index (χ4n) is 3.65. The summed E-state index contributed by atoms with van der Waals surface area (Å²) in [6, 6.07) is 5.36. The maximum absolute atomic E-state index is 13.4. The van der Waals surface area contributed by atoms with E-state index in [2.05, 4.69) is 20.4 Å². The topological polar surface area (TPSA) is 93.0 Å². The predicted molar refractivity (Wildman–Crippen MR) is 113 cm³/mol. The van der Waals surface area contributed by atoms with Crippen molar-refractivity contribution in [3.05, 3.63) is 47.4 Å². The van der Waals surface area contributed by atoms with E-state index in [1.165, 1.54) is 11.3 Å².